The lowest BCUT2D eigenvalue weighted by molar-refractivity contribution is -0.115. The van der Waals surface area contributed by atoms with Crippen LogP contribution in [0, 0.1) is 6.92 Å². The van der Waals surface area contributed by atoms with Crippen molar-refractivity contribution in [3.05, 3.63) is 54.1 Å². The number of hydrogen-bond donors (Lipinski definition) is 2. The molecule has 27 heavy (non-hydrogen) atoms. The number of hydrogen-bond acceptors (Lipinski definition) is 6. The number of para-hydroxylation sites is 1. The first-order valence-electron chi connectivity index (χ1n) is 8.37. The molecule has 7 nitrogen and oxygen atoms in total. The molecule has 1 atom stereocenters. The van der Waals surface area contributed by atoms with Crippen LogP contribution in [-0.4, -0.2) is 33.1 Å². The van der Waals surface area contributed by atoms with E-state index in [0.717, 1.165) is 16.8 Å². The van der Waals surface area contributed by atoms with Crippen molar-refractivity contribution in [2.75, 3.05) is 18.3 Å². The number of nitrogens with one attached hydrogen (secondary N) is 1. The van der Waals surface area contributed by atoms with Gasteiger partial charge in [0.2, 0.25) is 11.1 Å². The number of nitrogen functional groups attached to an aromatic ring is 1. The van der Waals surface area contributed by atoms with E-state index in [1.54, 1.807) is 14.0 Å². The number of ether oxygens (including phenoxy) is 1. The molecule has 3 rings (SSSR count). The second kappa shape index (κ2) is 8.13. The van der Waals surface area contributed by atoms with Gasteiger partial charge in [-0.25, -0.2) is 4.68 Å². The summed E-state index contributed by atoms with van der Waals surface area (Å²) in [6.07, 6.45) is 0. The normalized spacial score (nSPS) is 11.8. The van der Waals surface area contributed by atoms with E-state index in [-0.39, 0.29) is 5.91 Å². The van der Waals surface area contributed by atoms with Gasteiger partial charge in [-0.15, -0.1) is 10.2 Å². The maximum absolute atomic E-state index is 12.5. The minimum Gasteiger partial charge on any atom is -0.496 e. The molecule has 0 saturated heterocycles. The van der Waals surface area contributed by atoms with Crippen LogP contribution < -0.4 is 15.9 Å². The fraction of sp³-hybridized carbons (Fsp3) is 0.211. The number of nitrogens with zero attached hydrogens (tertiary/aromatic N) is 3. The zero-order valence-electron chi connectivity index (χ0n) is 15.3. The fourth-order valence-corrected chi connectivity index (χ4v) is 3.32. The van der Waals surface area contributed by atoms with E-state index in [1.807, 2.05) is 55.5 Å². The molecule has 0 aliphatic carbocycles. The first kappa shape index (κ1) is 18.8. The number of anilines is 1. The highest BCUT2D eigenvalue weighted by Crippen LogP contribution is 2.30. The predicted molar refractivity (Wildman–Crippen MR) is 107 cm³/mol. The van der Waals surface area contributed by atoms with Crippen LogP contribution in [0.15, 0.2) is 53.7 Å². The highest BCUT2D eigenvalue weighted by Gasteiger charge is 2.21. The van der Waals surface area contributed by atoms with Crippen LogP contribution in [-0.2, 0) is 4.79 Å². The van der Waals surface area contributed by atoms with Gasteiger partial charge in [0.25, 0.3) is 0 Å². The number of aromatic nitrogens is 3. The van der Waals surface area contributed by atoms with Crippen molar-refractivity contribution in [2.45, 2.75) is 24.3 Å². The number of carbonyl (C=O) groups excluding carboxylic acids is 1. The van der Waals surface area contributed by atoms with Crippen LogP contribution in [0.5, 0.6) is 5.75 Å². The van der Waals surface area contributed by atoms with Crippen molar-refractivity contribution in [2.24, 2.45) is 0 Å². The number of methoxy groups -OCH3 is 1. The first-order valence-corrected chi connectivity index (χ1v) is 9.25. The first-order chi connectivity index (χ1) is 13.0. The summed E-state index contributed by atoms with van der Waals surface area (Å²) in [6.45, 7) is 3.78. The quantitative estimate of drug-likeness (QED) is 0.502. The van der Waals surface area contributed by atoms with Gasteiger partial charge in [-0.1, -0.05) is 36.0 Å². The summed E-state index contributed by atoms with van der Waals surface area (Å²) in [5, 5.41) is 11.2. The average molecular weight is 383 g/mol. The summed E-state index contributed by atoms with van der Waals surface area (Å²) >= 11 is 1.24. The van der Waals surface area contributed by atoms with Crippen LogP contribution in [0.2, 0.25) is 0 Å². The molecule has 0 saturated carbocycles. The smallest absolute Gasteiger partial charge is 0.237 e. The molecule has 140 valence electrons. The van der Waals surface area contributed by atoms with E-state index in [9.17, 15) is 4.79 Å². The van der Waals surface area contributed by atoms with Gasteiger partial charge >= 0.3 is 0 Å². The molecule has 8 heteroatoms. The molecule has 1 unspecified atom stereocenters. The summed E-state index contributed by atoms with van der Waals surface area (Å²) in [5.74, 6) is 7.16. The van der Waals surface area contributed by atoms with Gasteiger partial charge in [0.05, 0.1) is 17.9 Å². The summed E-state index contributed by atoms with van der Waals surface area (Å²) in [5.41, 5.74) is 2.58. The lowest BCUT2D eigenvalue weighted by Crippen LogP contribution is -2.23. The van der Waals surface area contributed by atoms with E-state index in [1.165, 1.54) is 16.4 Å². The second-order valence-corrected chi connectivity index (χ2v) is 7.30. The Morgan fingerprint density at radius 1 is 1.22 bits per heavy atom. The third-order valence-corrected chi connectivity index (χ3v) is 5.01. The van der Waals surface area contributed by atoms with Gasteiger partial charge in [0.1, 0.15) is 5.75 Å². The molecule has 0 spiro atoms. The van der Waals surface area contributed by atoms with Crippen LogP contribution in [0.25, 0.3) is 11.4 Å². The molecule has 0 bridgehead atoms. The summed E-state index contributed by atoms with van der Waals surface area (Å²) in [4.78, 5) is 12.5. The zero-order chi connectivity index (χ0) is 19.4. The van der Waals surface area contributed by atoms with Crippen molar-refractivity contribution in [1.82, 2.24) is 14.9 Å². The summed E-state index contributed by atoms with van der Waals surface area (Å²) in [7, 11) is 1.59. The largest absolute Gasteiger partial charge is 0.496 e. The Labute approximate surface area is 161 Å². The summed E-state index contributed by atoms with van der Waals surface area (Å²) < 4.78 is 6.73. The molecule has 0 radical (unpaired) electrons. The Kier molecular flexibility index (Phi) is 5.66. The maximum atomic E-state index is 12.5. The monoisotopic (exact) mass is 383 g/mol. The minimum absolute atomic E-state index is 0.132. The number of amides is 1. The van der Waals surface area contributed by atoms with Gasteiger partial charge < -0.3 is 15.9 Å². The average Bonchev–Trinajstić information content (AvgIpc) is 3.02. The third-order valence-electron chi connectivity index (χ3n) is 3.95. The topological polar surface area (TPSA) is 95.1 Å². The van der Waals surface area contributed by atoms with Crippen molar-refractivity contribution >= 4 is 23.4 Å². The van der Waals surface area contributed by atoms with Gasteiger partial charge in [0.15, 0.2) is 5.82 Å². The van der Waals surface area contributed by atoms with Gasteiger partial charge in [-0.2, -0.15) is 0 Å². The fourth-order valence-electron chi connectivity index (χ4n) is 2.55. The Balaban J connectivity index is 1.74. The SMILES string of the molecule is COc1ccccc1-c1nnc(SC(C)C(=O)Nc2cccc(C)c2)n1N. The Morgan fingerprint density at radius 2 is 2.00 bits per heavy atom. The van der Waals surface area contributed by atoms with Crippen molar-refractivity contribution < 1.29 is 9.53 Å². The third kappa shape index (κ3) is 4.22. The number of benzene rings is 2. The molecule has 3 N–H and O–H groups in total. The second-order valence-electron chi connectivity index (χ2n) is 6.00. The standard InChI is InChI=1S/C19H21N5O2S/c1-12-7-6-8-14(11-12)21-18(25)13(2)27-19-23-22-17(24(19)20)15-9-4-5-10-16(15)26-3/h4-11,13H,20H2,1-3H3,(H,21,25). The number of nitrogens with two attached hydrogens (primary N) is 1. The van der Waals surface area contributed by atoms with E-state index >= 15 is 0 Å². The van der Waals surface area contributed by atoms with Gasteiger partial charge in [-0.3, -0.25) is 4.79 Å². The van der Waals surface area contributed by atoms with Crippen LogP contribution in [0.4, 0.5) is 5.69 Å². The molecular weight excluding hydrogens is 362 g/mol. The van der Waals surface area contributed by atoms with Crippen LogP contribution >= 0.6 is 11.8 Å². The highest BCUT2D eigenvalue weighted by atomic mass is 32.2. The van der Waals surface area contributed by atoms with Gasteiger partial charge in [0, 0.05) is 5.69 Å². The van der Waals surface area contributed by atoms with E-state index < -0.39 is 5.25 Å². The Morgan fingerprint density at radius 3 is 2.74 bits per heavy atom. The molecule has 2 aromatic carbocycles. The Bertz CT molecular complexity index is 957. The molecule has 0 aliphatic heterocycles. The molecular formula is C19H21N5O2S. The number of rotatable bonds is 6. The lowest BCUT2D eigenvalue weighted by atomic mass is 10.2. The molecule has 0 aliphatic rings. The molecule has 1 amide bonds. The van der Waals surface area contributed by atoms with E-state index in [2.05, 4.69) is 15.5 Å². The molecule has 1 heterocycles. The maximum Gasteiger partial charge on any atom is 0.237 e. The van der Waals surface area contributed by atoms with Crippen molar-refractivity contribution in [1.29, 1.82) is 0 Å². The van der Waals surface area contributed by atoms with E-state index in [0.29, 0.717) is 16.7 Å². The predicted octanol–water partition coefficient (Wildman–Crippen LogP) is 3.10. The number of aryl methyl sites for hydroxylation is 1. The van der Waals surface area contributed by atoms with Crippen molar-refractivity contribution in [3.63, 3.8) is 0 Å². The lowest BCUT2D eigenvalue weighted by Gasteiger charge is -2.12. The number of carbonyl (C=O) groups is 1. The van der Waals surface area contributed by atoms with Crippen LogP contribution in [0.3, 0.4) is 0 Å². The van der Waals surface area contributed by atoms with Crippen molar-refractivity contribution in [3.8, 4) is 17.1 Å². The number of thioether (sulfide) groups is 1. The van der Waals surface area contributed by atoms with Crippen LogP contribution in [0.1, 0.15) is 12.5 Å². The Hall–Kier alpha value is -3.00. The zero-order valence-corrected chi connectivity index (χ0v) is 16.2. The molecule has 0 fully saturated rings. The van der Waals surface area contributed by atoms with E-state index in [4.69, 9.17) is 10.6 Å². The highest BCUT2D eigenvalue weighted by molar-refractivity contribution is 8.00. The summed E-state index contributed by atoms with van der Waals surface area (Å²) in [6, 6.07) is 15.1. The minimum atomic E-state index is -0.400. The molecule has 3 aromatic rings. The van der Waals surface area contributed by atoms with Gasteiger partial charge in [-0.05, 0) is 43.7 Å². The molecule has 1 aromatic heterocycles.